The quantitative estimate of drug-likeness (QED) is 0.542. The SMILES string of the molecule is O=CCCN1CC[CH]CC1. The predicted molar refractivity (Wildman–Crippen MR) is 40.7 cm³/mol. The standard InChI is InChI=1S/C8H14NO/c10-8-4-7-9-5-2-1-3-6-9/h1,8H,2-7H2. The van der Waals surface area contributed by atoms with Crippen LogP contribution in [0.4, 0.5) is 0 Å². The van der Waals surface area contributed by atoms with Gasteiger partial charge in [0.15, 0.2) is 0 Å². The van der Waals surface area contributed by atoms with Crippen molar-refractivity contribution in [1.29, 1.82) is 0 Å². The normalized spacial score (nSPS) is 20.8. The summed E-state index contributed by atoms with van der Waals surface area (Å²) in [4.78, 5) is 12.4. The van der Waals surface area contributed by atoms with Crippen LogP contribution in [0.1, 0.15) is 19.3 Å². The fourth-order valence-corrected chi connectivity index (χ4v) is 1.26. The van der Waals surface area contributed by atoms with Crippen LogP contribution < -0.4 is 0 Å². The highest BCUT2D eigenvalue weighted by molar-refractivity contribution is 5.49. The number of carbonyl (C=O) groups is 1. The minimum absolute atomic E-state index is 0.694. The van der Waals surface area contributed by atoms with Gasteiger partial charge in [-0.2, -0.15) is 0 Å². The second-order valence-corrected chi connectivity index (χ2v) is 2.66. The molecule has 2 nitrogen and oxygen atoms in total. The van der Waals surface area contributed by atoms with Gasteiger partial charge in [0.05, 0.1) is 0 Å². The zero-order chi connectivity index (χ0) is 7.23. The summed E-state index contributed by atoms with van der Waals surface area (Å²) in [6.07, 6.45) is 6.40. The molecule has 1 fully saturated rings. The fraction of sp³-hybridized carbons (Fsp3) is 0.750. The number of carbonyl (C=O) groups excluding carboxylic acids is 1. The van der Waals surface area contributed by atoms with Crippen molar-refractivity contribution in [2.24, 2.45) is 0 Å². The first-order valence-electron chi connectivity index (χ1n) is 3.91. The van der Waals surface area contributed by atoms with E-state index in [-0.39, 0.29) is 0 Å². The zero-order valence-corrected chi connectivity index (χ0v) is 6.25. The molecule has 0 aliphatic carbocycles. The average molecular weight is 140 g/mol. The van der Waals surface area contributed by atoms with E-state index in [9.17, 15) is 4.79 Å². The van der Waals surface area contributed by atoms with Gasteiger partial charge in [-0.3, -0.25) is 0 Å². The summed E-state index contributed by atoms with van der Waals surface area (Å²) in [5.74, 6) is 0. The number of likely N-dealkylation sites (tertiary alicyclic amines) is 1. The lowest BCUT2D eigenvalue weighted by molar-refractivity contribution is -0.108. The summed E-state index contributed by atoms with van der Waals surface area (Å²) in [5, 5.41) is 0. The van der Waals surface area contributed by atoms with Crippen LogP contribution in [0, 0.1) is 6.42 Å². The molecule has 1 heterocycles. The molecule has 0 bridgehead atoms. The molecular weight excluding hydrogens is 126 g/mol. The minimum atomic E-state index is 0.694. The molecule has 10 heavy (non-hydrogen) atoms. The topological polar surface area (TPSA) is 20.3 Å². The molecule has 1 aliphatic rings. The molecule has 0 saturated carbocycles. The Kier molecular flexibility index (Phi) is 3.44. The maximum Gasteiger partial charge on any atom is 0.121 e. The number of hydrogen-bond acceptors (Lipinski definition) is 2. The van der Waals surface area contributed by atoms with Gasteiger partial charge in [0.2, 0.25) is 0 Å². The van der Waals surface area contributed by atoms with Gasteiger partial charge in [0.1, 0.15) is 6.29 Å². The van der Waals surface area contributed by atoms with Crippen molar-refractivity contribution in [3.8, 4) is 0 Å². The molecule has 57 valence electrons. The van der Waals surface area contributed by atoms with Gasteiger partial charge in [0.25, 0.3) is 0 Å². The first-order valence-corrected chi connectivity index (χ1v) is 3.91. The smallest absolute Gasteiger partial charge is 0.121 e. The number of rotatable bonds is 3. The second-order valence-electron chi connectivity index (χ2n) is 2.66. The van der Waals surface area contributed by atoms with Crippen LogP contribution in [0.3, 0.4) is 0 Å². The van der Waals surface area contributed by atoms with Gasteiger partial charge in [-0.25, -0.2) is 0 Å². The van der Waals surface area contributed by atoms with E-state index in [0.717, 1.165) is 25.9 Å². The van der Waals surface area contributed by atoms with Crippen LogP contribution in [0.5, 0.6) is 0 Å². The Labute approximate surface area is 62.2 Å². The first kappa shape index (κ1) is 7.73. The van der Waals surface area contributed by atoms with Crippen molar-refractivity contribution in [2.75, 3.05) is 19.6 Å². The van der Waals surface area contributed by atoms with E-state index >= 15 is 0 Å². The monoisotopic (exact) mass is 140 g/mol. The summed E-state index contributed by atoms with van der Waals surface area (Å²) in [6.45, 7) is 3.25. The lowest BCUT2D eigenvalue weighted by Crippen LogP contribution is -2.30. The third kappa shape index (κ3) is 2.48. The summed E-state index contributed by atoms with van der Waals surface area (Å²) in [6, 6.07) is 0. The molecule has 0 atom stereocenters. The van der Waals surface area contributed by atoms with Crippen molar-refractivity contribution in [3.05, 3.63) is 6.42 Å². The number of hydrogen-bond donors (Lipinski definition) is 0. The molecule has 0 aromatic carbocycles. The largest absolute Gasteiger partial charge is 0.303 e. The van der Waals surface area contributed by atoms with Gasteiger partial charge in [-0.1, -0.05) is 0 Å². The van der Waals surface area contributed by atoms with Crippen molar-refractivity contribution in [2.45, 2.75) is 19.3 Å². The average Bonchev–Trinajstić information content (AvgIpc) is 2.03. The van der Waals surface area contributed by atoms with Crippen LogP contribution >= 0.6 is 0 Å². The molecule has 0 spiro atoms. The third-order valence-electron chi connectivity index (χ3n) is 1.86. The number of nitrogens with zero attached hydrogens (tertiary/aromatic N) is 1. The molecule has 0 aromatic rings. The molecule has 1 rings (SSSR count). The van der Waals surface area contributed by atoms with Crippen LogP contribution in [0.2, 0.25) is 0 Å². The van der Waals surface area contributed by atoms with E-state index in [0.29, 0.717) is 6.42 Å². The molecule has 2 heteroatoms. The predicted octanol–water partition coefficient (Wildman–Crippen LogP) is 0.875. The van der Waals surface area contributed by atoms with Crippen molar-refractivity contribution < 1.29 is 4.79 Å². The Hall–Kier alpha value is -0.370. The van der Waals surface area contributed by atoms with E-state index < -0.39 is 0 Å². The summed E-state index contributed by atoms with van der Waals surface area (Å²) < 4.78 is 0. The van der Waals surface area contributed by atoms with E-state index in [1.54, 1.807) is 0 Å². The number of aldehydes is 1. The van der Waals surface area contributed by atoms with Crippen LogP contribution in [0.15, 0.2) is 0 Å². The molecule has 0 aromatic heterocycles. The molecule has 0 N–H and O–H groups in total. The van der Waals surface area contributed by atoms with E-state index in [1.807, 2.05) is 0 Å². The van der Waals surface area contributed by atoms with Crippen molar-refractivity contribution in [1.82, 2.24) is 4.90 Å². The van der Waals surface area contributed by atoms with Crippen LogP contribution in [-0.4, -0.2) is 30.8 Å². The highest BCUT2D eigenvalue weighted by Gasteiger charge is 2.08. The molecular formula is C8H14NO. The Balaban J connectivity index is 2.07. The zero-order valence-electron chi connectivity index (χ0n) is 6.25. The lowest BCUT2D eigenvalue weighted by atomic mass is 10.1. The van der Waals surface area contributed by atoms with Gasteiger partial charge >= 0.3 is 0 Å². The Morgan fingerprint density at radius 3 is 2.70 bits per heavy atom. The van der Waals surface area contributed by atoms with Gasteiger partial charge < -0.3 is 9.69 Å². The Bertz CT molecular complexity index is 97.4. The Morgan fingerprint density at radius 2 is 2.10 bits per heavy atom. The van der Waals surface area contributed by atoms with Gasteiger partial charge in [-0.15, -0.1) is 0 Å². The summed E-state index contributed by atoms with van der Waals surface area (Å²) >= 11 is 0. The fourth-order valence-electron chi connectivity index (χ4n) is 1.26. The lowest BCUT2D eigenvalue weighted by Gasteiger charge is -2.25. The van der Waals surface area contributed by atoms with E-state index in [2.05, 4.69) is 11.3 Å². The number of piperidine rings is 1. The third-order valence-corrected chi connectivity index (χ3v) is 1.86. The minimum Gasteiger partial charge on any atom is -0.303 e. The summed E-state index contributed by atoms with van der Waals surface area (Å²) in [7, 11) is 0. The van der Waals surface area contributed by atoms with Crippen molar-refractivity contribution in [3.63, 3.8) is 0 Å². The van der Waals surface area contributed by atoms with Crippen molar-refractivity contribution >= 4 is 6.29 Å². The van der Waals surface area contributed by atoms with E-state index in [4.69, 9.17) is 0 Å². The molecule has 1 saturated heterocycles. The molecule has 1 aliphatic heterocycles. The molecule has 0 unspecified atom stereocenters. The molecule has 0 amide bonds. The highest BCUT2D eigenvalue weighted by Crippen LogP contribution is 2.06. The van der Waals surface area contributed by atoms with Crippen LogP contribution in [-0.2, 0) is 4.79 Å². The Morgan fingerprint density at radius 1 is 1.40 bits per heavy atom. The van der Waals surface area contributed by atoms with Gasteiger partial charge in [-0.05, 0) is 32.4 Å². The first-order chi connectivity index (χ1) is 4.93. The maximum absolute atomic E-state index is 10.0. The maximum atomic E-state index is 10.0. The molecule has 1 radical (unpaired) electrons. The summed E-state index contributed by atoms with van der Waals surface area (Å²) in [5.41, 5.74) is 0. The second kappa shape index (κ2) is 4.45. The van der Waals surface area contributed by atoms with Crippen LogP contribution in [0.25, 0.3) is 0 Å². The van der Waals surface area contributed by atoms with E-state index in [1.165, 1.54) is 12.8 Å². The van der Waals surface area contributed by atoms with Gasteiger partial charge in [0, 0.05) is 13.0 Å². The highest BCUT2D eigenvalue weighted by atomic mass is 16.1.